The van der Waals surface area contributed by atoms with Gasteiger partial charge in [-0.05, 0) is 24.7 Å². The van der Waals surface area contributed by atoms with E-state index >= 15 is 0 Å². The largest absolute Gasteiger partial charge is 0.396 e. The molecule has 1 saturated carbocycles. The maximum atomic E-state index is 10.6. The Kier molecular flexibility index (Phi) is 2.99. The first-order valence-electron chi connectivity index (χ1n) is 5.56. The SMILES string of the molecule is CC1(C)CCCC(O)(C(C)(C)CO)C1. The number of aliphatic hydroxyl groups is 2. The fourth-order valence-corrected chi connectivity index (χ4v) is 2.55. The van der Waals surface area contributed by atoms with Crippen LogP contribution in [0.25, 0.3) is 0 Å². The van der Waals surface area contributed by atoms with Crippen molar-refractivity contribution in [3.8, 4) is 0 Å². The van der Waals surface area contributed by atoms with Gasteiger partial charge in [-0.2, -0.15) is 0 Å². The zero-order valence-corrected chi connectivity index (χ0v) is 9.93. The van der Waals surface area contributed by atoms with Crippen molar-refractivity contribution in [2.24, 2.45) is 10.8 Å². The topological polar surface area (TPSA) is 40.5 Å². The highest BCUT2D eigenvalue weighted by atomic mass is 16.3. The molecular weight excluding hydrogens is 176 g/mol. The lowest BCUT2D eigenvalue weighted by Gasteiger charge is -2.49. The van der Waals surface area contributed by atoms with E-state index in [-0.39, 0.29) is 17.4 Å². The summed E-state index contributed by atoms with van der Waals surface area (Å²) in [6.45, 7) is 8.36. The lowest BCUT2D eigenvalue weighted by atomic mass is 9.60. The molecule has 2 N–H and O–H groups in total. The van der Waals surface area contributed by atoms with Gasteiger partial charge < -0.3 is 10.2 Å². The molecule has 0 aromatic rings. The van der Waals surface area contributed by atoms with Crippen LogP contribution in [0.4, 0.5) is 0 Å². The molecule has 1 rings (SSSR count). The van der Waals surface area contributed by atoms with E-state index in [0.717, 1.165) is 19.3 Å². The van der Waals surface area contributed by atoms with Crippen LogP contribution in [-0.4, -0.2) is 22.4 Å². The molecule has 0 bridgehead atoms. The Morgan fingerprint density at radius 3 is 2.21 bits per heavy atom. The quantitative estimate of drug-likeness (QED) is 0.718. The van der Waals surface area contributed by atoms with Crippen LogP contribution in [-0.2, 0) is 0 Å². The number of aliphatic hydroxyl groups excluding tert-OH is 1. The summed E-state index contributed by atoms with van der Waals surface area (Å²) in [6.07, 6.45) is 3.86. The Balaban J connectivity index is 2.84. The summed E-state index contributed by atoms with van der Waals surface area (Å²) in [5.74, 6) is 0. The Morgan fingerprint density at radius 1 is 1.21 bits per heavy atom. The number of hydrogen-bond acceptors (Lipinski definition) is 2. The molecule has 0 radical (unpaired) electrons. The second-order valence-corrected chi connectivity index (χ2v) is 6.27. The summed E-state index contributed by atoms with van der Waals surface area (Å²) < 4.78 is 0. The highest BCUT2D eigenvalue weighted by Crippen LogP contribution is 2.48. The summed E-state index contributed by atoms with van der Waals surface area (Å²) in [4.78, 5) is 0. The fourth-order valence-electron chi connectivity index (χ4n) is 2.55. The second kappa shape index (κ2) is 3.49. The van der Waals surface area contributed by atoms with Crippen LogP contribution in [0.1, 0.15) is 53.4 Å². The monoisotopic (exact) mass is 200 g/mol. The van der Waals surface area contributed by atoms with E-state index in [9.17, 15) is 10.2 Å². The third kappa shape index (κ3) is 2.12. The molecule has 0 spiro atoms. The Bertz CT molecular complexity index is 208. The van der Waals surface area contributed by atoms with Gasteiger partial charge in [-0.1, -0.05) is 34.1 Å². The average Bonchev–Trinajstić information content (AvgIpc) is 2.01. The van der Waals surface area contributed by atoms with Crippen LogP contribution in [0.5, 0.6) is 0 Å². The molecule has 1 unspecified atom stereocenters. The van der Waals surface area contributed by atoms with Gasteiger partial charge in [-0.25, -0.2) is 0 Å². The van der Waals surface area contributed by atoms with Gasteiger partial charge in [-0.3, -0.25) is 0 Å². The Morgan fingerprint density at radius 2 is 1.79 bits per heavy atom. The molecule has 1 aliphatic carbocycles. The van der Waals surface area contributed by atoms with Crippen molar-refractivity contribution in [1.29, 1.82) is 0 Å². The van der Waals surface area contributed by atoms with E-state index in [1.165, 1.54) is 6.42 Å². The lowest BCUT2D eigenvalue weighted by Crippen LogP contribution is -2.51. The first kappa shape index (κ1) is 12.0. The highest BCUT2D eigenvalue weighted by molar-refractivity contribution is 4.99. The predicted molar refractivity (Wildman–Crippen MR) is 58.1 cm³/mol. The van der Waals surface area contributed by atoms with E-state index in [2.05, 4.69) is 13.8 Å². The summed E-state index contributed by atoms with van der Waals surface area (Å²) in [5, 5.41) is 19.9. The molecule has 2 nitrogen and oxygen atoms in total. The molecule has 1 atom stereocenters. The van der Waals surface area contributed by atoms with Gasteiger partial charge in [0.15, 0.2) is 0 Å². The van der Waals surface area contributed by atoms with Crippen LogP contribution < -0.4 is 0 Å². The molecule has 0 heterocycles. The van der Waals surface area contributed by atoms with Gasteiger partial charge in [-0.15, -0.1) is 0 Å². The molecular formula is C12H24O2. The lowest BCUT2D eigenvalue weighted by molar-refractivity contribution is -0.137. The van der Waals surface area contributed by atoms with Crippen molar-refractivity contribution in [3.05, 3.63) is 0 Å². The Hall–Kier alpha value is -0.0800. The summed E-state index contributed by atoms with van der Waals surface area (Å²) >= 11 is 0. The van der Waals surface area contributed by atoms with Crippen LogP contribution in [0.15, 0.2) is 0 Å². The summed E-state index contributed by atoms with van der Waals surface area (Å²) in [6, 6.07) is 0. The molecule has 0 saturated heterocycles. The van der Waals surface area contributed by atoms with Crippen LogP contribution in [0.3, 0.4) is 0 Å². The summed E-state index contributed by atoms with van der Waals surface area (Å²) in [5.41, 5.74) is -0.867. The number of hydrogen-bond donors (Lipinski definition) is 2. The first-order chi connectivity index (χ1) is 6.22. The minimum absolute atomic E-state index is 0.0551. The van der Waals surface area contributed by atoms with Crippen molar-refractivity contribution in [3.63, 3.8) is 0 Å². The van der Waals surface area contributed by atoms with E-state index in [1.807, 2.05) is 13.8 Å². The van der Waals surface area contributed by atoms with Gasteiger partial charge in [0.1, 0.15) is 0 Å². The standard InChI is InChI=1S/C12H24O2/c1-10(2)6-5-7-12(14,8-10)11(3,4)9-13/h13-14H,5-9H2,1-4H3. The molecule has 0 amide bonds. The molecule has 2 heteroatoms. The van der Waals surface area contributed by atoms with E-state index in [1.54, 1.807) is 0 Å². The van der Waals surface area contributed by atoms with Gasteiger partial charge in [0.2, 0.25) is 0 Å². The number of rotatable bonds is 2. The minimum atomic E-state index is -0.691. The van der Waals surface area contributed by atoms with Crippen LogP contribution in [0.2, 0.25) is 0 Å². The molecule has 0 aromatic carbocycles. The smallest absolute Gasteiger partial charge is 0.0725 e. The predicted octanol–water partition coefficient (Wildman–Crippen LogP) is 2.34. The third-order valence-electron chi connectivity index (χ3n) is 3.87. The zero-order valence-electron chi connectivity index (χ0n) is 9.93. The van der Waals surface area contributed by atoms with Gasteiger partial charge in [0, 0.05) is 5.41 Å². The molecule has 1 fully saturated rings. The van der Waals surface area contributed by atoms with Crippen molar-refractivity contribution < 1.29 is 10.2 Å². The molecule has 1 aliphatic rings. The molecule has 84 valence electrons. The van der Waals surface area contributed by atoms with E-state index in [0.29, 0.717) is 0 Å². The van der Waals surface area contributed by atoms with Gasteiger partial charge in [0.25, 0.3) is 0 Å². The van der Waals surface area contributed by atoms with E-state index < -0.39 is 5.60 Å². The maximum Gasteiger partial charge on any atom is 0.0725 e. The van der Waals surface area contributed by atoms with Crippen molar-refractivity contribution >= 4 is 0 Å². The maximum absolute atomic E-state index is 10.6. The molecule has 14 heavy (non-hydrogen) atoms. The Labute approximate surface area is 87.3 Å². The normalized spacial score (nSPS) is 33.0. The highest BCUT2D eigenvalue weighted by Gasteiger charge is 2.48. The third-order valence-corrected chi connectivity index (χ3v) is 3.87. The van der Waals surface area contributed by atoms with Crippen LogP contribution >= 0.6 is 0 Å². The van der Waals surface area contributed by atoms with Gasteiger partial charge >= 0.3 is 0 Å². The van der Waals surface area contributed by atoms with Crippen molar-refractivity contribution in [2.45, 2.75) is 59.0 Å². The second-order valence-electron chi connectivity index (χ2n) is 6.27. The van der Waals surface area contributed by atoms with Crippen molar-refractivity contribution in [1.82, 2.24) is 0 Å². The van der Waals surface area contributed by atoms with Crippen LogP contribution in [0, 0.1) is 10.8 Å². The van der Waals surface area contributed by atoms with Gasteiger partial charge in [0.05, 0.1) is 12.2 Å². The van der Waals surface area contributed by atoms with E-state index in [4.69, 9.17) is 0 Å². The zero-order chi connectivity index (χ0) is 11.0. The summed E-state index contributed by atoms with van der Waals surface area (Å²) in [7, 11) is 0. The van der Waals surface area contributed by atoms with Crippen molar-refractivity contribution in [2.75, 3.05) is 6.61 Å². The average molecular weight is 200 g/mol. The minimum Gasteiger partial charge on any atom is -0.396 e. The first-order valence-corrected chi connectivity index (χ1v) is 5.56. The fraction of sp³-hybridized carbons (Fsp3) is 1.00. The molecule has 0 aromatic heterocycles. The molecule has 0 aliphatic heterocycles.